The number of sulfone groups is 1. The predicted molar refractivity (Wildman–Crippen MR) is 159 cm³/mol. The lowest BCUT2D eigenvalue weighted by Gasteiger charge is -2.38. The van der Waals surface area contributed by atoms with E-state index in [4.69, 9.17) is 16.3 Å². The Bertz CT molecular complexity index is 1560. The number of amides is 2. The van der Waals surface area contributed by atoms with E-state index in [0.29, 0.717) is 35.1 Å². The van der Waals surface area contributed by atoms with Crippen molar-refractivity contribution in [3.05, 3.63) is 83.0 Å². The van der Waals surface area contributed by atoms with Crippen molar-refractivity contribution in [1.29, 1.82) is 0 Å². The molecule has 1 aliphatic carbocycles. The van der Waals surface area contributed by atoms with Crippen molar-refractivity contribution in [2.75, 3.05) is 36.7 Å². The van der Waals surface area contributed by atoms with Gasteiger partial charge in [-0.3, -0.25) is 9.59 Å². The second kappa shape index (κ2) is 11.7. The molecule has 0 radical (unpaired) electrons. The smallest absolute Gasteiger partial charge is 0.255 e. The fourth-order valence-electron chi connectivity index (χ4n) is 5.53. The van der Waals surface area contributed by atoms with Crippen molar-refractivity contribution < 1.29 is 22.7 Å². The zero-order valence-corrected chi connectivity index (χ0v) is 24.5. The number of carbonyl (C=O) groups excluding carboxylic acids is 2. The Morgan fingerprint density at radius 1 is 1.12 bits per heavy atom. The molecule has 2 heterocycles. The minimum Gasteiger partial charge on any atom is -0.497 e. The van der Waals surface area contributed by atoms with Crippen LogP contribution < -0.4 is 20.3 Å². The third-order valence-electron chi connectivity index (χ3n) is 7.87. The van der Waals surface area contributed by atoms with E-state index in [1.165, 1.54) is 6.26 Å². The largest absolute Gasteiger partial charge is 0.497 e. The topological polar surface area (TPSA) is 118 Å². The quantitative estimate of drug-likeness (QED) is 0.375. The lowest BCUT2D eigenvalue weighted by atomic mass is 9.92. The summed E-state index contributed by atoms with van der Waals surface area (Å²) in [5.74, 6) is 0.345. The Labute approximate surface area is 245 Å². The van der Waals surface area contributed by atoms with Gasteiger partial charge in [0.15, 0.2) is 15.7 Å². The molecular weight excluding hydrogens is 564 g/mol. The second-order valence-corrected chi connectivity index (χ2v) is 13.5. The molecule has 2 N–H and O–H groups in total. The van der Waals surface area contributed by atoms with E-state index in [9.17, 15) is 18.0 Å². The molecule has 1 saturated heterocycles. The van der Waals surface area contributed by atoms with E-state index in [1.54, 1.807) is 49.7 Å². The molecule has 2 fully saturated rings. The zero-order valence-electron chi connectivity index (χ0n) is 23.0. The van der Waals surface area contributed by atoms with E-state index in [0.717, 1.165) is 24.2 Å². The summed E-state index contributed by atoms with van der Waals surface area (Å²) < 4.78 is 31.2. The molecule has 2 aliphatic rings. The SMILES string of the molecule is COc1cccc(C2(NC(=O)CC3CCN(c4ncccc4NC(=O)c4cccc(Cl)c4)CC3S(C)(=O)=O)CC2)c1. The first-order chi connectivity index (χ1) is 19.6. The van der Waals surface area contributed by atoms with Gasteiger partial charge in [-0.25, -0.2) is 13.4 Å². The van der Waals surface area contributed by atoms with Crippen LogP contribution in [0.2, 0.25) is 5.02 Å². The summed E-state index contributed by atoms with van der Waals surface area (Å²) in [5, 5.41) is 5.73. The maximum absolute atomic E-state index is 13.2. The number of hydrogen-bond acceptors (Lipinski definition) is 7. The second-order valence-electron chi connectivity index (χ2n) is 10.8. The van der Waals surface area contributed by atoms with Crippen LogP contribution in [0.15, 0.2) is 66.9 Å². The van der Waals surface area contributed by atoms with Crippen LogP contribution in [-0.4, -0.2) is 56.9 Å². The average molecular weight is 597 g/mol. The highest BCUT2D eigenvalue weighted by atomic mass is 35.5. The predicted octanol–water partition coefficient (Wildman–Crippen LogP) is 4.43. The third-order valence-corrected chi connectivity index (χ3v) is 9.73. The number of anilines is 2. The van der Waals surface area contributed by atoms with Crippen molar-refractivity contribution in [3.63, 3.8) is 0 Å². The fraction of sp³-hybridized carbons (Fsp3) is 0.367. The summed E-state index contributed by atoms with van der Waals surface area (Å²) in [5.41, 5.74) is 1.42. The van der Waals surface area contributed by atoms with Crippen molar-refractivity contribution in [2.24, 2.45) is 5.92 Å². The monoisotopic (exact) mass is 596 g/mol. The van der Waals surface area contributed by atoms with Gasteiger partial charge >= 0.3 is 0 Å². The third kappa shape index (κ3) is 6.65. The highest BCUT2D eigenvalue weighted by Crippen LogP contribution is 2.46. The van der Waals surface area contributed by atoms with Gasteiger partial charge in [0.25, 0.3) is 5.91 Å². The Morgan fingerprint density at radius 2 is 1.90 bits per heavy atom. The summed E-state index contributed by atoms with van der Waals surface area (Å²) >= 11 is 6.04. The van der Waals surface area contributed by atoms with Gasteiger partial charge in [-0.15, -0.1) is 0 Å². The van der Waals surface area contributed by atoms with Gasteiger partial charge < -0.3 is 20.3 Å². The first-order valence-corrected chi connectivity index (χ1v) is 15.8. The summed E-state index contributed by atoms with van der Waals surface area (Å²) in [6.45, 7) is 0.650. The van der Waals surface area contributed by atoms with Crippen LogP contribution in [0.1, 0.15) is 41.6 Å². The number of methoxy groups -OCH3 is 1. The Hall–Kier alpha value is -3.63. The van der Waals surface area contributed by atoms with Crippen LogP contribution in [0.25, 0.3) is 0 Å². The summed E-state index contributed by atoms with van der Waals surface area (Å²) in [6, 6.07) is 17.7. The molecule has 1 saturated carbocycles. The minimum atomic E-state index is -3.50. The first-order valence-electron chi connectivity index (χ1n) is 13.5. The molecule has 0 spiro atoms. The molecule has 41 heavy (non-hydrogen) atoms. The van der Waals surface area contributed by atoms with Crippen LogP contribution in [0.4, 0.5) is 11.5 Å². The number of nitrogens with zero attached hydrogens (tertiary/aromatic N) is 2. The maximum atomic E-state index is 13.2. The lowest BCUT2D eigenvalue weighted by Crippen LogP contribution is -2.49. The number of hydrogen-bond donors (Lipinski definition) is 2. The van der Waals surface area contributed by atoms with Crippen LogP contribution in [0.3, 0.4) is 0 Å². The molecule has 216 valence electrons. The average Bonchev–Trinajstić information content (AvgIpc) is 3.73. The highest BCUT2D eigenvalue weighted by Gasteiger charge is 2.47. The molecule has 9 nitrogen and oxygen atoms in total. The number of halogens is 1. The number of rotatable bonds is 9. The Kier molecular flexibility index (Phi) is 8.24. The Balaban J connectivity index is 1.29. The zero-order chi connectivity index (χ0) is 29.2. The van der Waals surface area contributed by atoms with E-state index in [-0.39, 0.29) is 30.7 Å². The van der Waals surface area contributed by atoms with Crippen molar-refractivity contribution in [3.8, 4) is 5.75 Å². The van der Waals surface area contributed by atoms with Gasteiger partial charge in [0.1, 0.15) is 5.75 Å². The molecule has 1 aromatic heterocycles. The van der Waals surface area contributed by atoms with Gasteiger partial charge in [0.2, 0.25) is 5.91 Å². The molecule has 2 atom stereocenters. The number of pyridine rings is 1. The van der Waals surface area contributed by atoms with Gasteiger partial charge in [0.05, 0.1) is 23.6 Å². The van der Waals surface area contributed by atoms with E-state index in [2.05, 4.69) is 15.6 Å². The van der Waals surface area contributed by atoms with Crippen molar-refractivity contribution in [1.82, 2.24) is 10.3 Å². The molecule has 2 unspecified atom stereocenters. The first kappa shape index (κ1) is 28.9. The molecule has 5 rings (SSSR count). The highest BCUT2D eigenvalue weighted by molar-refractivity contribution is 7.91. The van der Waals surface area contributed by atoms with E-state index < -0.39 is 20.6 Å². The molecule has 1 aliphatic heterocycles. The molecule has 2 amide bonds. The van der Waals surface area contributed by atoms with Crippen LogP contribution in [0.5, 0.6) is 5.75 Å². The summed E-state index contributed by atoms with van der Waals surface area (Å²) in [6.07, 6.45) is 5.05. The van der Waals surface area contributed by atoms with E-state index in [1.807, 2.05) is 29.2 Å². The van der Waals surface area contributed by atoms with Gasteiger partial charge in [-0.2, -0.15) is 0 Å². The molecule has 2 aromatic carbocycles. The molecule has 0 bridgehead atoms. The number of ether oxygens (including phenoxy) is 1. The Morgan fingerprint density at radius 3 is 2.61 bits per heavy atom. The minimum absolute atomic E-state index is 0.109. The number of aromatic nitrogens is 1. The van der Waals surface area contributed by atoms with Crippen LogP contribution >= 0.6 is 11.6 Å². The molecular formula is C30H33ClN4O5S. The van der Waals surface area contributed by atoms with E-state index >= 15 is 0 Å². The van der Waals surface area contributed by atoms with Gasteiger partial charge in [-0.1, -0.05) is 29.8 Å². The summed E-state index contributed by atoms with van der Waals surface area (Å²) in [7, 11) is -1.90. The van der Waals surface area contributed by atoms with Crippen molar-refractivity contribution in [2.45, 2.75) is 36.5 Å². The fourth-order valence-corrected chi connectivity index (χ4v) is 7.11. The number of benzene rings is 2. The standard InChI is InChI=1S/C30H33ClN4O5S/c1-40-24-9-4-7-22(18-24)30(12-13-30)34-27(36)17-20-11-15-35(19-26(20)41(2,38)39)28-25(10-5-14-32-28)33-29(37)21-6-3-8-23(31)16-21/h3-10,14,16,18,20,26H,11-13,15,17,19H2,1-2H3,(H,33,37)(H,34,36). The maximum Gasteiger partial charge on any atom is 0.255 e. The summed E-state index contributed by atoms with van der Waals surface area (Å²) in [4.78, 5) is 32.5. The molecule has 11 heteroatoms. The lowest BCUT2D eigenvalue weighted by molar-refractivity contribution is -0.123. The number of nitrogens with one attached hydrogen (secondary N) is 2. The number of carbonyl (C=O) groups is 2. The van der Waals surface area contributed by atoms with Gasteiger partial charge in [0, 0.05) is 42.5 Å². The van der Waals surface area contributed by atoms with Crippen LogP contribution in [-0.2, 0) is 20.2 Å². The van der Waals surface area contributed by atoms with Crippen molar-refractivity contribution >= 4 is 44.8 Å². The molecule has 3 aromatic rings. The van der Waals surface area contributed by atoms with Crippen LogP contribution in [0, 0.1) is 5.92 Å². The number of piperidine rings is 1. The van der Waals surface area contributed by atoms with Gasteiger partial charge in [-0.05, 0) is 73.2 Å². The normalized spacial score (nSPS) is 19.7.